The Hall–Kier alpha value is -0.650. The second kappa shape index (κ2) is 9.32. The minimum absolute atomic E-state index is 0.0984. The van der Waals surface area contributed by atoms with Gasteiger partial charge in [-0.25, -0.2) is 0 Å². The zero-order valence-corrected chi connectivity index (χ0v) is 13.4. The molecule has 3 N–H and O–H groups in total. The van der Waals surface area contributed by atoms with Crippen LogP contribution in [0.1, 0.15) is 33.1 Å². The third-order valence-electron chi connectivity index (χ3n) is 4.07. The number of piperazine rings is 1. The number of rotatable bonds is 8. The van der Waals surface area contributed by atoms with E-state index in [4.69, 9.17) is 5.73 Å². The summed E-state index contributed by atoms with van der Waals surface area (Å²) in [4.78, 5) is 16.7. The van der Waals surface area contributed by atoms with Crippen molar-refractivity contribution >= 4 is 5.91 Å². The summed E-state index contributed by atoms with van der Waals surface area (Å²) in [5.41, 5.74) is 5.72. The Morgan fingerprint density at radius 1 is 1.20 bits per heavy atom. The van der Waals surface area contributed by atoms with Gasteiger partial charge in [-0.2, -0.15) is 0 Å². The van der Waals surface area contributed by atoms with Crippen molar-refractivity contribution in [2.45, 2.75) is 39.2 Å². The van der Waals surface area contributed by atoms with Gasteiger partial charge in [-0.05, 0) is 26.8 Å². The van der Waals surface area contributed by atoms with Crippen LogP contribution in [0.2, 0.25) is 0 Å². The number of carbonyl (C=O) groups is 1. The van der Waals surface area contributed by atoms with Crippen molar-refractivity contribution in [3.8, 4) is 0 Å². The van der Waals surface area contributed by atoms with Crippen LogP contribution in [0.15, 0.2) is 0 Å². The van der Waals surface area contributed by atoms with E-state index in [2.05, 4.69) is 22.2 Å². The van der Waals surface area contributed by atoms with Crippen molar-refractivity contribution in [1.29, 1.82) is 0 Å². The van der Waals surface area contributed by atoms with Gasteiger partial charge in [-0.15, -0.1) is 0 Å². The van der Waals surface area contributed by atoms with Crippen LogP contribution < -0.4 is 11.1 Å². The fourth-order valence-corrected chi connectivity index (χ4v) is 2.46. The summed E-state index contributed by atoms with van der Waals surface area (Å²) in [6, 6.07) is 0.238. The van der Waals surface area contributed by atoms with Crippen LogP contribution in [-0.2, 0) is 4.79 Å². The molecule has 0 saturated carbocycles. The molecule has 1 aliphatic rings. The molecule has 1 amide bonds. The van der Waals surface area contributed by atoms with Gasteiger partial charge in [0.1, 0.15) is 0 Å². The van der Waals surface area contributed by atoms with Crippen molar-refractivity contribution in [2.24, 2.45) is 11.7 Å². The molecular formula is C15H32N4O. The maximum Gasteiger partial charge on any atom is 0.222 e. The lowest BCUT2D eigenvalue weighted by Crippen LogP contribution is -2.47. The van der Waals surface area contributed by atoms with E-state index in [1.54, 1.807) is 0 Å². The normalized spacial score (nSPS) is 20.6. The first kappa shape index (κ1) is 17.4. The molecule has 1 aliphatic heterocycles. The lowest BCUT2D eigenvalue weighted by Gasteiger charge is -2.32. The first-order valence-electron chi connectivity index (χ1n) is 7.93. The second-order valence-electron chi connectivity index (χ2n) is 6.25. The van der Waals surface area contributed by atoms with Gasteiger partial charge < -0.3 is 16.0 Å². The summed E-state index contributed by atoms with van der Waals surface area (Å²) >= 11 is 0. The molecule has 20 heavy (non-hydrogen) atoms. The van der Waals surface area contributed by atoms with Crippen LogP contribution in [0.5, 0.6) is 0 Å². The highest BCUT2D eigenvalue weighted by atomic mass is 16.1. The summed E-state index contributed by atoms with van der Waals surface area (Å²) in [6.45, 7) is 10.2. The number of nitrogens with two attached hydrogens (primary N) is 1. The van der Waals surface area contributed by atoms with E-state index in [-0.39, 0.29) is 17.9 Å². The second-order valence-corrected chi connectivity index (χ2v) is 6.25. The van der Waals surface area contributed by atoms with Crippen LogP contribution in [-0.4, -0.2) is 68.1 Å². The van der Waals surface area contributed by atoms with Crippen molar-refractivity contribution in [1.82, 2.24) is 15.1 Å². The fourth-order valence-electron chi connectivity index (χ4n) is 2.46. The Bertz CT molecular complexity index is 275. The minimum atomic E-state index is 0.0984. The van der Waals surface area contributed by atoms with E-state index in [0.717, 1.165) is 58.5 Å². The molecule has 2 unspecified atom stereocenters. The molecule has 118 valence electrons. The topological polar surface area (TPSA) is 61.6 Å². The monoisotopic (exact) mass is 284 g/mol. The standard InChI is InChI=1S/C15H32N4O/c1-13(5-4-6-14(2)16)15(20)17-7-8-19-11-9-18(3)10-12-19/h13-14H,4-12,16H2,1-3H3,(H,17,20). The van der Waals surface area contributed by atoms with Gasteiger partial charge in [0.15, 0.2) is 0 Å². The number of carbonyl (C=O) groups excluding carboxylic acids is 1. The highest BCUT2D eigenvalue weighted by Gasteiger charge is 2.15. The molecule has 1 rings (SSSR count). The van der Waals surface area contributed by atoms with Crippen molar-refractivity contribution in [3.63, 3.8) is 0 Å². The van der Waals surface area contributed by atoms with Crippen LogP contribution in [0.4, 0.5) is 0 Å². The van der Waals surface area contributed by atoms with Crippen LogP contribution in [0, 0.1) is 5.92 Å². The Labute approximate surface area is 123 Å². The molecule has 1 saturated heterocycles. The van der Waals surface area contributed by atoms with Crippen LogP contribution in [0.25, 0.3) is 0 Å². The highest BCUT2D eigenvalue weighted by molar-refractivity contribution is 5.78. The Balaban J connectivity index is 2.07. The predicted molar refractivity (Wildman–Crippen MR) is 83.6 cm³/mol. The van der Waals surface area contributed by atoms with E-state index in [1.165, 1.54) is 0 Å². The third-order valence-corrected chi connectivity index (χ3v) is 4.07. The van der Waals surface area contributed by atoms with Crippen molar-refractivity contribution in [2.75, 3.05) is 46.3 Å². The number of hydrogen-bond donors (Lipinski definition) is 2. The summed E-state index contributed by atoms with van der Waals surface area (Å²) in [6.07, 6.45) is 2.96. The van der Waals surface area contributed by atoms with Crippen molar-refractivity contribution in [3.05, 3.63) is 0 Å². The lowest BCUT2D eigenvalue weighted by atomic mass is 10.0. The Morgan fingerprint density at radius 2 is 1.85 bits per heavy atom. The SMILES string of the molecule is CC(N)CCCC(C)C(=O)NCCN1CCN(C)CC1. The fraction of sp³-hybridized carbons (Fsp3) is 0.933. The van der Waals surface area contributed by atoms with Gasteiger partial charge in [-0.3, -0.25) is 9.69 Å². The first-order chi connectivity index (χ1) is 9.49. The van der Waals surface area contributed by atoms with E-state index in [1.807, 2.05) is 13.8 Å². The van der Waals surface area contributed by atoms with E-state index >= 15 is 0 Å². The smallest absolute Gasteiger partial charge is 0.222 e. The molecule has 5 heteroatoms. The maximum atomic E-state index is 11.9. The molecule has 0 spiro atoms. The highest BCUT2D eigenvalue weighted by Crippen LogP contribution is 2.09. The molecule has 0 aromatic heterocycles. The van der Waals surface area contributed by atoms with E-state index in [9.17, 15) is 4.79 Å². The van der Waals surface area contributed by atoms with Gasteiger partial charge in [0.05, 0.1) is 0 Å². The number of nitrogens with zero attached hydrogens (tertiary/aromatic N) is 2. The number of likely N-dealkylation sites (N-methyl/N-ethyl adjacent to an activating group) is 1. The lowest BCUT2D eigenvalue weighted by molar-refractivity contribution is -0.124. The van der Waals surface area contributed by atoms with Gasteiger partial charge in [0, 0.05) is 51.2 Å². The summed E-state index contributed by atoms with van der Waals surface area (Å²) in [5, 5.41) is 3.05. The summed E-state index contributed by atoms with van der Waals surface area (Å²) in [7, 11) is 2.16. The van der Waals surface area contributed by atoms with Crippen LogP contribution in [0.3, 0.4) is 0 Å². The number of amides is 1. The van der Waals surface area contributed by atoms with Gasteiger partial charge in [0.2, 0.25) is 5.91 Å². The largest absolute Gasteiger partial charge is 0.355 e. The number of nitrogens with one attached hydrogen (secondary N) is 1. The zero-order valence-electron chi connectivity index (χ0n) is 13.4. The van der Waals surface area contributed by atoms with Crippen molar-refractivity contribution < 1.29 is 4.79 Å². The first-order valence-corrected chi connectivity index (χ1v) is 7.93. The minimum Gasteiger partial charge on any atom is -0.355 e. The average Bonchev–Trinajstić information content (AvgIpc) is 2.40. The van der Waals surface area contributed by atoms with Gasteiger partial charge in [0.25, 0.3) is 0 Å². The molecule has 0 radical (unpaired) electrons. The molecule has 0 aromatic rings. The Kier molecular flexibility index (Phi) is 8.11. The molecule has 0 aliphatic carbocycles. The van der Waals surface area contributed by atoms with E-state index < -0.39 is 0 Å². The summed E-state index contributed by atoms with van der Waals surface area (Å²) in [5.74, 6) is 0.282. The molecule has 2 atom stereocenters. The average molecular weight is 284 g/mol. The summed E-state index contributed by atoms with van der Waals surface area (Å²) < 4.78 is 0. The molecule has 0 bridgehead atoms. The molecule has 5 nitrogen and oxygen atoms in total. The molecular weight excluding hydrogens is 252 g/mol. The van der Waals surface area contributed by atoms with Gasteiger partial charge in [-0.1, -0.05) is 13.3 Å². The predicted octanol–water partition coefficient (Wildman–Crippen LogP) is 0.504. The molecule has 0 aromatic carbocycles. The molecule has 1 heterocycles. The zero-order chi connectivity index (χ0) is 15.0. The van der Waals surface area contributed by atoms with Crippen LogP contribution >= 0.6 is 0 Å². The molecule has 1 fully saturated rings. The van der Waals surface area contributed by atoms with E-state index in [0.29, 0.717) is 0 Å². The van der Waals surface area contributed by atoms with Gasteiger partial charge >= 0.3 is 0 Å². The third kappa shape index (κ3) is 7.22. The Morgan fingerprint density at radius 3 is 2.45 bits per heavy atom. The quantitative estimate of drug-likeness (QED) is 0.681. The maximum absolute atomic E-state index is 11.9. The number of hydrogen-bond acceptors (Lipinski definition) is 4.